The fourth-order valence-corrected chi connectivity index (χ4v) is 2.03. The Kier molecular flexibility index (Phi) is 3.17. The molecule has 78 valence electrons. The summed E-state index contributed by atoms with van der Waals surface area (Å²) >= 11 is 0. The number of rotatable bonds is 3. The van der Waals surface area contributed by atoms with Gasteiger partial charge in [0.2, 0.25) is 9.84 Å². The first-order chi connectivity index (χ1) is 7.02. The van der Waals surface area contributed by atoms with E-state index in [0.717, 1.165) is 5.56 Å². The van der Waals surface area contributed by atoms with E-state index in [0.29, 0.717) is 0 Å². The summed E-state index contributed by atoms with van der Waals surface area (Å²) in [4.78, 5) is 10.1. The van der Waals surface area contributed by atoms with Crippen molar-refractivity contribution < 1.29 is 8.42 Å². The van der Waals surface area contributed by atoms with Crippen molar-refractivity contribution in [2.75, 3.05) is 0 Å². The third kappa shape index (κ3) is 2.19. The normalized spacial score (nSPS) is 12.8. The van der Waals surface area contributed by atoms with E-state index < -0.39 is 15.2 Å². The van der Waals surface area contributed by atoms with Crippen molar-refractivity contribution in [3.05, 3.63) is 34.7 Å². The Morgan fingerprint density at radius 2 is 1.87 bits per heavy atom. The molecule has 0 bridgehead atoms. The van der Waals surface area contributed by atoms with Gasteiger partial charge in [0.05, 0.1) is 4.90 Å². The molecule has 0 amide bonds. The van der Waals surface area contributed by atoms with E-state index in [1.807, 2.05) is 0 Å². The van der Waals surface area contributed by atoms with Gasteiger partial charge in [-0.05, 0) is 24.2 Å². The minimum Gasteiger partial charge on any atom is -0.220 e. The van der Waals surface area contributed by atoms with E-state index in [9.17, 15) is 13.3 Å². The van der Waals surface area contributed by atoms with Crippen LogP contribution in [0.1, 0.15) is 5.56 Å². The monoisotopic (exact) mass is 224 g/mol. The van der Waals surface area contributed by atoms with Gasteiger partial charge in [0.15, 0.2) is 0 Å². The van der Waals surface area contributed by atoms with Gasteiger partial charge in [0.1, 0.15) is 6.07 Å². The fraction of sp³-hybridized carbons (Fsp3) is 0.222. The van der Waals surface area contributed by atoms with E-state index in [1.54, 1.807) is 19.1 Å². The van der Waals surface area contributed by atoms with Crippen LogP contribution in [0.5, 0.6) is 0 Å². The van der Waals surface area contributed by atoms with E-state index in [-0.39, 0.29) is 4.90 Å². The summed E-state index contributed by atoms with van der Waals surface area (Å²) in [6.45, 7) is 1.80. The summed E-state index contributed by atoms with van der Waals surface area (Å²) < 4.78 is 23.2. The number of hydrogen-bond donors (Lipinski definition) is 0. The van der Waals surface area contributed by atoms with E-state index in [2.05, 4.69) is 5.18 Å². The van der Waals surface area contributed by atoms with Crippen LogP contribution in [-0.2, 0) is 9.84 Å². The van der Waals surface area contributed by atoms with Gasteiger partial charge in [0.25, 0.3) is 5.37 Å². The third-order valence-corrected chi connectivity index (χ3v) is 3.56. The third-order valence-electron chi connectivity index (χ3n) is 1.85. The molecular weight excluding hydrogens is 216 g/mol. The largest absolute Gasteiger partial charge is 0.281 e. The summed E-state index contributed by atoms with van der Waals surface area (Å²) in [5, 5.41) is 8.86. The summed E-state index contributed by atoms with van der Waals surface area (Å²) in [6.07, 6.45) is 0. The summed E-state index contributed by atoms with van der Waals surface area (Å²) in [7, 11) is -3.96. The minimum absolute atomic E-state index is 0.0701. The maximum absolute atomic E-state index is 11.6. The molecule has 1 rings (SSSR count). The summed E-state index contributed by atoms with van der Waals surface area (Å²) in [5.74, 6) is 0. The van der Waals surface area contributed by atoms with Gasteiger partial charge in [-0.15, -0.1) is 4.91 Å². The van der Waals surface area contributed by atoms with Gasteiger partial charge in [-0.2, -0.15) is 5.26 Å². The molecule has 0 aliphatic heterocycles. The number of aryl methyl sites for hydroxylation is 1. The zero-order valence-corrected chi connectivity index (χ0v) is 8.73. The molecule has 6 heteroatoms. The molecule has 0 fully saturated rings. The lowest BCUT2D eigenvalue weighted by molar-refractivity contribution is 0.590. The molecule has 15 heavy (non-hydrogen) atoms. The van der Waals surface area contributed by atoms with Gasteiger partial charge < -0.3 is 0 Å². The average Bonchev–Trinajstić information content (AvgIpc) is 2.19. The van der Waals surface area contributed by atoms with Crippen molar-refractivity contribution in [1.29, 1.82) is 5.26 Å². The van der Waals surface area contributed by atoms with Crippen LogP contribution in [0.15, 0.2) is 34.3 Å². The number of benzene rings is 1. The second kappa shape index (κ2) is 4.19. The van der Waals surface area contributed by atoms with Gasteiger partial charge in [0, 0.05) is 0 Å². The minimum atomic E-state index is -3.96. The number of sulfone groups is 1. The zero-order chi connectivity index (χ0) is 11.5. The van der Waals surface area contributed by atoms with Crippen molar-refractivity contribution in [3.8, 4) is 6.07 Å². The van der Waals surface area contributed by atoms with E-state index in [1.165, 1.54) is 18.2 Å². The lowest BCUT2D eigenvalue weighted by Crippen LogP contribution is -2.16. The number of nitriles is 1. The molecule has 0 spiro atoms. The Hall–Kier alpha value is -1.74. The van der Waals surface area contributed by atoms with Crippen LogP contribution in [-0.4, -0.2) is 13.8 Å². The first-order valence-corrected chi connectivity index (χ1v) is 5.59. The number of nitroso groups, excluding NO2 is 1. The quantitative estimate of drug-likeness (QED) is 0.725. The Morgan fingerprint density at radius 1 is 1.33 bits per heavy atom. The topological polar surface area (TPSA) is 87.4 Å². The van der Waals surface area contributed by atoms with Crippen LogP contribution in [0.2, 0.25) is 0 Å². The molecule has 1 atom stereocenters. The smallest absolute Gasteiger partial charge is 0.220 e. The SMILES string of the molecule is Cc1ccc(S(=O)(=O)C(C#N)N=O)cc1. The van der Waals surface area contributed by atoms with E-state index >= 15 is 0 Å². The zero-order valence-electron chi connectivity index (χ0n) is 7.91. The molecule has 0 radical (unpaired) electrons. The standard InChI is InChI=1S/C9H8N2O3S/c1-7-2-4-8(5-3-7)15(13,14)9(6-10)11-12/h2-5,9H,1H3. The second-order valence-electron chi connectivity index (χ2n) is 2.94. The molecule has 0 saturated carbocycles. The Balaban J connectivity index is 3.24. The van der Waals surface area contributed by atoms with Crippen LogP contribution >= 0.6 is 0 Å². The van der Waals surface area contributed by atoms with Crippen molar-refractivity contribution in [3.63, 3.8) is 0 Å². The molecule has 0 aromatic heterocycles. The molecule has 0 aliphatic carbocycles. The molecule has 0 aliphatic rings. The second-order valence-corrected chi connectivity index (χ2v) is 4.95. The highest BCUT2D eigenvalue weighted by molar-refractivity contribution is 7.92. The Labute approximate surface area is 87.2 Å². The predicted molar refractivity (Wildman–Crippen MR) is 53.6 cm³/mol. The molecule has 0 heterocycles. The van der Waals surface area contributed by atoms with Crippen LogP contribution in [0.25, 0.3) is 0 Å². The van der Waals surface area contributed by atoms with Gasteiger partial charge in [-0.25, -0.2) is 8.42 Å². The Morgan fingerprint density at radius 3 is 2.27 bits per heavy atom. The summed E-state index contributed by atoms with van der Waals surface area (Å²) in [5.41, 5.74) is 0.890. The molecule has 1 aromatic rings. The first-order valence-electron chi connectivity index (χ1n) is 4.05. The summed E-state index contributed by atoms with van der Waals surface area (Å²) in [6, 6.07) is 7.21. The number of hydrogen-bond acceptors (Lipinski definition) is 5. The van der Waals surface area contributed by atoms with Crippen LogP contribution < -0.4 is 0 Å². The van der Waals surface area contributed by atoms with Crippen molar-refractivity contribution in [1.82, 2.24) is 0 Å². The van der Waals surface area contributed by atoms with Crippen LogP contribution in [0.4, 0.5) is 0 Å². The lowest BCUT2D eigenvalue weighted by Gasteiger charge is -2.03. The van der Waals surface area contributed by atoms with Crippen molar-refractivity contribution in [2.24, 2.45) is 5.18 Å². The first kappa shape index (κ1) is 11.3. The van der Waals surface area contributed by atoms with Gasteiger partial charge in [-0.3, -0.25) is 0 Å². The highest BCUT2D eigenvalue weighted by Crippen LogP contribution is 2.16. The lowest BCUT2D eigenvalue weighted by atomic mass is 10.2. The average molecular weight is 224 g/mol. The predicted octanol–water partition coefficient (Wildman–Crippen LogP) is 1.38. The van der Waals surface area contributed by atoms with Gasteiger partial charge >= 0.3 is 0 Å². The molecule has 5 nitrogen and oxygen atoms in total. The fourth-order valence-electron chi connectivity index (χ4n) is 1.01. The van der Waals surface area contributed by atoms with Crippen LogP contribution in [0.3, 0.4) is 0 Å². The Bertz CT molecular complexity index is 499. The van der Waals surface area contributed by atoms with Gasteiger partial charge in [-0.1, -0.05) is 17.7 Å². The van der Waals surface area contributed by atoms with Crippen molar-refractivity contribution >= 4 is 9.84 Å². The van der Waals surface area contributed by atoms with Crippen molar-refractivity contribution in [2.45, 2.75) is 17.2 Å². The highest BCUT2D eigenvalue weighted by atomic mass is 32.2. The molecule has 1 aromatic carbocycles. The van der Waals surface area contributed by atoms with Crippen LogP contribution in [0, 0.1) is 23.2 Å². The number of nitrogens with zero attached hydrogens (tertiary/aromatic N) is 2. The molecular formula is C9H8N2O3S. The van der Waals surface area contributed by atoms with E-state index in [4.69, 9.17) is 5.26 Å². The highest BCUT2D eigenvalue weighted by Gasteiger charge is 2.28. The maximum Gasteiger partial charge on any atom is 0.281 e. The maximum atomic E-state index is 11.6. The molecule has 0 N–H and O–H groups in total. The molecule has 0 saturated heterocycles. The molecule has 1 unspecified atom stereocenters.